The molecule has 41 heavy (non-hydrogen) atoms. The number of thioether (sulfide) groups is 1. The molecule has 0 bridgehead atoms. The summed E-state index contributed by atoms with van der Waals surface area (Å²) in [5.74, 6) is 2.11. The second kappa shape index (κ2) is 36.7. The first-order chi connectivity index (χ1) is 20.0. The molecule has 1 rings (SSSR count). The molecular formula is C39H59NS. The summed E-state index contributed by atoms with van der Waals surface area (Å²) in [6.45, 7) is 23.6. The molecule has 0 heterocycles. The van der Waals surface area contributed by atoms with Crippen molar-refractivity contribution in [2.45, 2.75) is 74.1 Å². The van der Waals surface area contributed by atoms with Crippen LogP contribution in [0.2, 0.25) is 0 Å². The van der Waals surface area contributed by atoms with Crippen molar-refractivity contribution in [3.05, 3.63) is 114 Å². The highest BCUT2D eigenvalue weighted by molar-refractivity contribution is 7.98. The average molecular weight is 574 g/mol. The average Bonchev–Trinajstić information content (AvgIpc) is 3.05. The van der Waals surface area contributed by atoms with Crippen molar-refractivity contribution in [3.63, 3.8) is 0 Å². The molecule has 1 aromatic carbocycles. The van der Waals surface area contributed by atoms with Crippen molar-refractivity contribution in [1.29, 1.82) is 0 Å². The number of terminal acetylenes is 2. The fourth-order valence-electron chi connectivity index (χ4n) is 3.52. The molecule has 0 radical (unpaired) electrons. The number of rotatable bonds is 16. The Labute approximate surface area is 260 Å². The van der Waals surface area contributed by atoms with Gasteiger partial charge in [0.15, 0.2) is 0 Å². The van der Waals surface area contributed by atoms with Crippen LogP contribution in [-0.2, 0) is 6.42 Å². The molecule has 0 saturated heterocycles. The molecule has 2 heteroatoms. The summed E-state index contributed by atoms with van der Waals surface area (Å²) in [6.07, 6.45) is 37.2. The van der Waals surface area contributed by atoms with Gasteiger partial charge < -0.3 is 5.32 Å². The molecule has 0 aliphatic rings. The maximum atomic E-state index is 4.23. The largest absolute Gasteiger partial charge is 0.385 e. The smallest absolute Gasteiger partial charge is 0.0330 e. The Morgan fingerprint density at radius 2 is 1.68 bits per heavy atom. The van der Waals surface area contributed by atoms with E-state index >= 15 is 0 Å². The Bertz CT molecular complexity index is 928. The molecule has 1 nitrogen and oxygen atoms in total. The second-order valence-electron chi connectivity index (χ2n) is 8.28. The minimum atomic E-state index is 0.457. The van der Waals surface area contributed by atoms with Gasteiger partial charge in [-0.2, -0.15) is 11.8 Å². The van der Waals surface area contributed by atoms with Crippen LogP contribution in [0.3, 0.4) is 0 Å². The first-order valence-corrected chi connectivity index (χ1v) is 16.1. The third kappa shape index (κ3) is 25.4. The predicted molar refractivity (Wildman–Crippen MR) is 194 cm³/mol. The Balaban J connectivity index is -0.000000782. The van der Waals surface area contributed by atoms with Crippen LogP contribution >= 0.6 is 11.8 Å². The van der Waals surface area contributed by atoms with Crippen LogP contribution in [0.1, 0.15) is 73.3 Å². The maximum Gasteiger partial charge on any atom is 0.0330 e. The fourth-order valence-corrected chi connectivity index (χ4v) is 4.36. The number of benzene rings is 1. The van der Waals surface area contributed by atoms with Gasteiger partial charge in [-0.3, -0.25) is 0 Å². The van der Waals surface area contributed by atoms with E-state index in [0.29, 0.717) is 11.8 Å². The summed E-state index contributed by atoms with van der Waals surface area (Å²) < 4.78 is 0. The van der Waals surface area contributed by atoms with Gasteiger partial charge in [-0.25, -0.2) is 0 Å². The van der Waals surface area contributed by atoms with Crippen LogP contribution in [0.15, 0.2) is 109 Å². The summed E-state index contributed by atoms with van der Waals surface area (Å²) in [5, 5.41) is 3.48. The first-order valence-electron chi connectivity index (χ1n) is 14.7. The van der Waals surface area contributed by atoms with Crippen LogP contribution in [0.4, 0.5) is 0 Å². The zero-order chi connectivity index (χ0) is 32.3. The Morgan fingerprint density at radius 3 is 2.20 bits per heavy atom. The van der Waals surface area contributed by atoms with E-state index in [1.54, 1.807) is 0 Å². The predicted octanol–water partition coefficient (Wildman–Crippen LogP) is 11.0. The SMILES string of the molecule is C#C.C#C.C=C/C=C(\C=C/CNC(=C)C(CC)CSC)C(C)CC/C(C=C=CCc1ccccc1)=C/C.CC.CC. The zero-order valence-corrected chi connectivity index (χ0v) is 28.3. The third-order valence-electron chi connectivity index (χ3n) is 5.79. The Morgan fingerprint density at radius 1 is 1.07 bits per heavy atom. The van der Waals surface area contributed by atoms with Gasteiger partial charge in [-0.15, -0.1) is 31.4 Å². The van der Waals surface area contributed by atoms with E-state index in [4.69, 9.17) is 0 Å². The lowest BCUT2D eigenvalue weighted by Gasteiger charge is -2.18. The summed E-state index contributed by atoms with van der Waals surface area (Å²) >= 11 is 1.88. The summed E-state index contributed by atoms with van der Waals surface area (Å²) in [4.78, 5) is 0. The lowest BCUT2D eigenvalue weighted by molar-refractivity contribution is 0.613. The molecular weight excluding hydrogens is 515 g/mol. The molecule has 2 unspecified atom stereocenters. The topological polar surface area (TPSA) is 12.0 Å². The third-order valence-corrected chi connectivity index (χ3v) is 6.53. The second-order valence-corrected chi connectivity index (χ2v) is 9.19. The summed E-state index contributed by atoms with van der Waals surface area (Å²) in [6, 6.07) is 10.5. The Kier molecular flexibility index (Phi) is 40.0. The molecule has 0 saturated carbocycles. The van der Waals surface area contributed by atoms with Crippen LogP contribution in [-0.4, -0.2) is 18.6 Å². The van der Waals surface area contributed by atoms with Crippen molar-refractivity contribution >= 4 is 11.8 Å². The number of nitrogens with one attached hydrogen (secondary N) is 1. The molecule has 0 aliphatic heterocycles. The van der Waals surface area contributed by atoms with E-state index in [1.807, 2.05) is 51.6 Å². The molecule has 0 fully saturated rings. The molecule has 1 aromatic rings. The number of hydrogen-bond acceptors (Lipinski definition) is 2. The van der Waals surface area contributed by atoms with E-state index < -0.39 is 0 Å². The van der Waals surface area contributed by atoms with E-state index in [1.165, 1.54) is 16.7 Å². The van der Waals surface area contributed by atoms with Gasteiger partial charge in [-0.1, -0.05) is 115 Å². The van der Waals surface area contributed by atoms with Crippen molar-refractivity contribution in [2.24, 2.45) is 11.8 Å². The van der Waals surface area contributed by atoms with Crippen molar-refractivity contribution in [2.75, 3.05) is 18.6 Å². The number of hydrogen-bond donors (Lipinski definition) is 1. The first kappa shape index (κ1) is 44.7. The van der Waals surface area contributed by atoms with Crippen LogP contribution in [0.5, 0.6) is 0 Å². The number of allylic oxidation sites excluding steroid dienone is 8. The molecule has 0 spiro atoms. The highest BCUT2D eigenvalue weighted by Crippen LogP contribution is 2.21. The van der Waals surface area contributed by atoms with Gasteiger partial charge in [0, 0.05) is 23.9 Å². The maximum absolute atomic E-state index is 4.23. The van der Waals surface area contributed by atoms with Crippen molar-refractivity contribution < 1.29 is 0 Å². The van der Waals surface area contributed by atoms with Gasteiger partial charge in [0.2, 0.25) is 0 Å². The van der Waals surface area contributed by atoms with Crippen LogP contribution in [0, 0.1) is 37.5 Å². The molecule has 0 amide bonds. The molecule has 226 valence electrons. The zero-order valence-electron chi connectivity index (χ0n) is 27.5. The van der Waals surface area contributed by atoms with Gasteiger partial charge in [0.1, 0.15) is 0 Å². The van der Waals surface area contributed by atoms with E-state index in [-0.39, 0.29) is 0 Å². The van der Waals surface area contributed by atoms with Crippen molar-refractivity contribution in [3.8, 4) is 25.7 Å². The van der Waals surface area contributed by atoms with Gasteiger partial charge in [0.05, 0.1) is 0 Å². The normalized spacial score (nSPS) is 11.5. The van der Waals surface area contributed by atoms with E-state index in [9.17, 15) is 0 Å². The van der Waals surface area contributed by atoms with Gasteiger partial charge >= 0.3 is 0 Å². The van der Waals surface area contributed by atoms with Crippen LogP contribution < -0.4 is 5.32 Å². The lowest BCUT2D eigenvalue weighted by Crippen LogP contribution is -2.20. The highest BCUT2D eigenvalue weighted by Gasteiger charge is 2.09. The quantitative estimate of drug-likeness (QED) is 0.120. The Hall–Kier alpha value is -3.29. The monoisotopic (exact) mass is 573 g/mol. The summed E-state index contributed by atoms with van der Waals surface area (Å²) in [5.41, 5.74) is 8.45. The lowest BCUT2D eigenvalue weighted by atomic mass is 9.93. The molecule has 0 aliphatic carbocycles. The van der Waals surface area contributed by atoms with Crippen LogP contribution in [0.25, 0.3) is 0 Å². The van der Waals surface area contributed by atoms with Gasteiger partial charge in [-0.05, 0) is 73.6 Å². The highest BCUT2D eigenvalue weighted by atomic mass is 32.2. The minimum Gasteiger partial charge on any atom is -0.385 e. The van der Waals surface area contributed by atoms with E-state index in [0.717, 1.165) is 43.7 Å². The summed E-state index contributed by atoms with van der Waals surface area (Å²) in [7, 11) is 0. The molecule has 1 N–H and O–H groups in total. The standard InChI is InChI=1S/C31H43NS.2C2H6.2C2H2/c1-7-16-31(21-15-24-32-27(5)30(9-3)25-33-6)26(4)22-23-28(8-2)17-13-14-20-29-18-11-10-12-19-29;4*1-2/h7-8,10-12,14-19,21,26,30,32H,1,5,9,20,22-25H2,2-4,6H3;2*1-2H3;2*1-2H/b21-15-,28-8+,31-16+;;;;. The minimum absolute atomic E-state index is 0.457. The van der Waals surface area contributed by atoms with Crippen molar-refractivity contribution in [1.82, 2.24) is 5.32 Å². The molecule has 0 aromatic heterocycles. The molecule has 2 atom stereocenters. The fraction of sp³-hybridized carbons (Fsp3) is 0.410. The van der Waals surface area contributed by atoms with E-state index in [2.05, 4.69) is 138 Å². The van der Waals surface area contributed by atoms with Gasteiger partial charge in [0.25, 0.3) is 0 Å².